The first kappa shape index (κ1) is 20.2. The number of aromatic nitrogens is 1. The van der Waals surface area contributed by atoms with Gasteiger partial charge in [0.15, 0.2) is 0 Å². The number of benzene rings is 1. The van der Waals surface area contributed by atoms with Crippen molar-refractivity contribution in [3.05, 3.63) is 69.5 Å². The average molecular weight is 389 g/mol. The summed E-state index contributed by atoms with van der Waals surface area (Å²) in [5, 5.41) is 22.9. The Kier molecular flexibility index (Phi) is 6.37. The topological polar surface area (TPSA) is 111 Å². The molecule has 1 aromatic heterocycles. The zero-order valence-corrected chi connectivity index (χ0v) is 16.5. The van der Waals surface area contributed by atoms with Gasteiger partial charge < -0.3 is 20.8 Å². The van der Waals surface area contributed by atoms with Gasteiger partial charge in [0.2, 0.25) is 0 Å². The smallest absolute Gasteiger partial charge is 0.338 e. The summed E-state index contributed by atoms with van der Waals surface area (Å²) in [6.07, 6.45) is 5.38. The number of hydrogen-bond acceptors (Lipinski definition) is 7. The second-order valence-corrected chi connectivity index (χ2v) is 6.88. The SMILES string of the molecule is Cc1cc(N/C=C(\C=N)CNCCc2ccc3c(c2C)COC3=O)ncc1C#N. The first-order valence-corrected chi connectivity index (χ1v) is 9.35. The van der Waals surface area contributed by atoms with E-state index in [4.69, 9.17) is 15.4 Å². The summed E-state index contributed by atoms with van der Waals surface area (Å²) >= 11 is 0. The highest BCUT2D eigenvalue weighted by molar-refractivity contribution is 5.93. The molecule has 29 heavy (non-hydrogen) atoms. The quantitative estimate of drug-likeness (QED) is 0.364. The summed E-state index contributed by atoms with van der Waals surface area (Å²) in [7, 11) is 0. The van der Waals surface area contributed by atoms with Gasteiger partial charge in [-0.2, -0.15) is 5.26 Å². The molecule has 0 aliphatic carbocycles. The molecule has 3 rings (SSSR count). The lowest BCUT2D eigenvalue weighted by molar-refractivity contribution is 0.0535. The van der Waals surface area contributed by atoms with Crippen LogP contribution in [-0.2, 0) is 17.8 Å². The van der Waals surface area contributed by atoms with Crippen LogP contribution >= 0.6 is 0 Å². The van der Waals surface area contributed by atoms with Crippen LogP contribution in [0.25, 0.3) is 0 Å². The van der Waals surface area contributed by atoms with Crippen molar-refractivity contribution < 1.29 is 9.53 Å². The normalized spacial score (nSPS) is 12.9. The molecule has 0 spiro atoms. The van der Waals surface area contributed by atoms with Crippen molar-refractivity contribution in [1.82, 2.24) is 10.3 Å². The van der Waals surface area contributed by atoms with Crippen molar-refractivity contribution in [2.75, 3.05) is 18.4 Å². The molecule has 2 aromatic rings. The van der Waals surface area contributed by atoms with Gasteiger partial charge in [-0.05, 0) is 61.2 Å². The van der Waals surface area contributed by atoms with Crippen molar-refractivity contribution in [2.24, 2.45) is 0 Å². The lowest BCUT2D eigenvalue weighted by atomic mass is 9.97. The van der Waals surface area contributed by atoms with Crippen LogP contribution < -0.4 is 10.6 Å². The molecule has 7 heteroatoms. The minimum atomic E-state index is -0.243. The predicted molar refractivity (Wildman–Crippen MR) is 111 cm³/mol. The molecule has 0 bridgehead atoms. The fourth-order valence-corrected chi connectivity index (χ4v) is 3.19. The third-order valence-electron chi connectivity index (χ3n) is 5.00. The molecule has 1 aliphatic heterocycles. The van der Waals surface area contributed by atoms with E-state index in [-0.39, 0.29) is 5.97 Å². The third kappa shape index (κ3) is 4.68. The van der Waals surface area contributed by atoms with Gasteiger partial charge in [-0.3, -0.25) is 0 Å². The summed E-state index contributed by atoms with van der Waals surface area (Å²) < 4.78 is 5.10. The average Bonchev–Trinajstić information content (AvgIpc) is 3.10. The van der Waals surface area contributed by atoms with E-state index >= 15 is 0 Å². The number of rotatable bonds is 8. The Balaban J connectivity index is 1.52. The Labute approximate surface area is 169 Å². The highest BCUT2D eigenvalue weighted by Gasteiger charge is 2.23. The summed E-state index contributed by atoms with van der Waals surface area (Å²) in [5.41, 5.74) is 6.13. The number of pyridine rings is 1. The highest BCUT2D eigenvalue weighted by Crippen LogP contribution is 2.25. The first-order valence-electron chi connectivity index (χ1n) is 9.35. The lowest BCUT2D eigenvalue weighted by Gasteiger charge is -2.10. The summed E-state index contributed by atoms with van der Waals surface area (Å²) in [6.45, 7) is 5.52. The van der Waals surface area contributed by atoms with Gasteiger partial charge in [-0.25, -0.2) is 9.78 Å². The Morgan fingerprint density at radius 1 is 1.41 bits per heavy atom. The van der Waals surface area contributed by atoms with E-state index in [2.05, 4.69) is 21.7 Å². The fourth-order valence-electron chi connectivity index (χ4n) is 3.19. The molecular formula is C22H23N5O2. The van der Waals surface area contributed by atoms with Gasteiger partial charge in [0.1, 0.15) is 18.5 Å². The Bertz CT molecular complexity index is 1020. The summed E-state index contributed by atoms with van der Waals surface area (Å²) in [6, 6.07) is 7.71. The van der Waals surface area contributed by atoms with Crippen LogP contribution in [0.3, 0.4) is 0 Å². The van der Waals surface area contributed by atoms with Crippen LogP contribution in [-0.4, -0.2) is 30.3 Å². The van der Waals surface area contributed by atoms with Crippen molar-refractivity contribution in [3.8, 4) is 6.07 Å². The number of carbonyl (C=O) groups excluding carboxylic acids is 1. The molecule has 0 unspecified atom stereocenters. The molecular weight excluding hydrogens is 366 g/mol. The molecule has 3 N–H and O–H groups in total. The predicted octanol–water partition coefficient (Wildman–Crippen LogP) is 3.02. The zero-order valence-electron chi connectivity index (χ0n) is 16.5. The second-order valence-electron chi connectivity index (χ2n) is 6.88. The number of nitrogens with zero attached hydrogens (tertiary/aromatic N) is 2. The van der Waals surface area contributed by atoms with Gasteiger partial charge in [0, 0.05) is 30.7 Å². The number of hydrogen-bond donors (Lipinski definition) is 3. The van der Waals surface area contributed by atoms with Crippen LogP contribution in [0.5, 0.6) is 0 Å². The number of cyclic esters (lactones) is 1. The van der Waals surface area contributed by atoms with Crippen LogP contribution in [0.2, 0.25) is 0 Å². The standard InChI is InChI=1S/C22H23N5O2/c1-14-7-21(27-12-18(14)9-24)26-11-16(8-23)10-25-6-5-17-3-4-19-20(15(17)2)13-29-22(19)28/h3-4,7-8,11-12,23,25H,5-6,10,13H2,1-2H3,(H,26,27)/b16-11+,23-8?. The van der Waals surface area contributed by atoms with Crippen LogP contribution in [0.1, 0.15) is 38.2 Å². The molecule has 2 heterocycles. The number of aryl methyl sites for hydroxylation is 1. The van der Waals surface area contributed by atoms with Crippen LogP contribution in [0.15, 0.2) is 36.2 Å². The molecule has 0 fully saturated rings. The molecule has 148 valence electrons. The molecule has 1 aliphatic rings. The van der Waals surface area contributed by atoms with Crippen LogP contribution in [0, 0.1) is 30.6 Å². The van der Waals surface area contributed by atoms with E-state index < -0.39 is 0 Å². The van der Waals surface area contributed by atoms with E-state index in [0.29, 0.717) is 30.1 Å². The molecule has 0 amide bonds. The summed E-state index contributed by atoms with van der Waals surface area (Å²) in [4.78, 5) is 15.8. The van der Waals surface area contributed by atoms with Gasteiger partial charge in [0.25, 0.3) is 0 Å². The maximum absolute atomic E-state index is 11.6. The molecule has 0 saturated heterocycles. The highest BCUT2D eigenvalue weighted by atomic mass is 16.5. The minimum absolute atomic E-state index is 0.243. The minimum Gasteiger partial charge on any atom is -0.457 e. The molecule has 7 nitrogen and oxygen atoms in total. The van der Waals surface area contributed by atoms with E-state index in [1.165, 1.54) is 18.0 Å². The number of anilines is 1. The Morgan fingerprint density at radius 3 is 2.97 bits per heavy atom. The van der Waals surface area contributed by atoms with Crippen molar-refractivity contribution in [3.63, 3.8) is 0 Å². The van der Waals surface area contributed by atoms with E-state index in [1.54, 1.807) is 12.3 Å². The molecule has 0 atom stereocenters. The van der Waals surface area contributed by atoms with E-state index in [1.807, 2.05) is 26.0 Å². The number of esters is 1. The van der Waals surface area contributed by atoms with Gasteiger partial charge in [0.05, 0.1) is 11.1 Å². The molecule has 0 radical (unpaired) electrons. The van der Waals surface area contributed by atoms with Gasteiger partial charge in [-0.1, -0.05) is 6.07 Å². The van der Waals surface area contributed by atoms with E-state index in [9.17, 15) is 4.79 Å². The van der Waals surface area contributed by atoms with Crippen molar-refractivity contribution >= 4 is 18.0 Å². The molecule has 0 saturated carbocycles. The Hall–Kier alpha value is -3.50. The maximum Gasteiger partial charge on any atom is 0.338 e. The van der Waals surface area contributed by atoms with Crippen molar-refractivity contribution in [2.45, 2.75) is 26.9 Å². The largest absolute Gasteiger partial charge is 0.457 e. The number of nitriles is 1. The first-order chi connectivity index (χ1) is 14.0. The zero-order chi connectivity index (χ0) is 20.8. The molecule has 1 aromatic carbocycles. The number of fused-ring (bicyclic) bond motifs is 1. The van der Waals surface area contributed by atoms with E-state index in [0.717, 1.165) is 35.2 Å². The summed E-state index contributed by atoms with van der Waals surface area (Å²) in [5.74, 6) is 0.388. The lowest BCUT2D eigenvalue weighted by Crippen LogP contribution is -2.21. The second kappa shape index (κ2) is 9.13. The maximum atomic E-state index is 11.6. The number of ether oxygens (including phenoxy) is 1. The van der Waals surface area contributed by atoms with Gasteiger partial charge in [-0.15, -0.1) is 0 Å². The van der Waals surface area contributed by atoms with Gasteiger partial charge >= 0.3 is 5.97 Å². The third-order valence-corrected chi connectivity index (χ3v) is 5.00. The number of nitrogens with one attached hydrogen (secondary N) is 3. The fraction of sp³-hybridized carbons (Fsp3) is 0.273. The Morgan fingerprint density at radius 2 is 2.24 bits per heavy atom. The van der Waals surface area contributed by atoms with Crippen molar-refractivity contribution in [1.29, 1.82) is 10.7 Å². The van der Waals surface area contributed by atoms with Crippen LogP contribution in [0.4, 0.5) is 5.82 Å². The monoisotopic (exact) mass is 389 g/mol. The number of carbonyl (C=O) groups is 1.